The molecule has 0 aromatic carbocycles. The van der Waals surface area contributed by atoms with Crippen LogP contribution >= 0.6 is 0 Å². The van der Waals surface area contributed by atoms with E-state index in [0.29, 0.717) is 106 Å². The fourth-order valence-electron chi connectivity index (χ4n) is 4.78. The van der Waals surface area contributed by atoms with E-state index < -0.39 is 0 Å². The van der Waals surface area contributed by atoms with Crippen LogP contribution in [0.2, 0.25) is 0 Å². The molecule has 0 radical (unpaired) electrons. The van der Waals surface area contributed by atoms with Crippen molar-refractivity contribution >= 4 is 5.97 Å². The van der Waals surface area contributed by atoms with Crippen LogP contribution in [-0.2, 0) is 47.4 Å². The number of rotatable bonds is 42. The van der Waals surface area contributed by atoms with Crippen LogP contribution in [0.3, 0.4) is 0 Å². The Bertz CT molecular complexity index is 581. The predicted octanol–water partition coefficient (Wildman–Crippen LogP) is 7.33. The van der Waals surface area contributed by atoms with Crippen molar-refractivity contribution in [1.82, 2.24) is 0 Å². The lowest BCUT2D eigenvalue weighted by atomic mass is 10.0. The predicted molar refractivity (Wildman–Crippen MR) is 187 cm³/mol. The van der Waals surface area contributed by atoms with Gasteiger partial charge >= 0.3 is 5.97 Å². The first-order chi connectivity index (χ1) is 23.3. The number of hydrogen-bond donors (Lipinski definition) is 0. The fourth-order valence-corrected chi connectivity index (χ4v) is 4.78. The van der Waals surface area contributed by atoms with E-state index >= 15 is 0 Å². The van der Waals surface area contributed by atoms with E-state index in [1.54, 1.807) is 6.92 Å². The highest BCUT2D eigenvalue weighted by atomic mass is 16.6. The van der Waals surface area contributed by atoms with Gasteiger partial charge in [0.15, 0.2) is 0 Å². The van der Waals surface area contributed by atoms with Crippen LogP contribution in [0.4, 0.5) is 0 Å². The number of ether oxygens (including phenoxy) is 9. The van der Waals surface area contributed by atoms with Gasteiger partial charge in [-0.2, -0.15) is 0 Å². The number of carbonyl (C=O) groups excluding carboxylic acids is 1. The molecule has 282 valence electrons. The van der Waals surface area contributed by atoms with E-state index in [1.807, 2.05) is 0 Å². The Labute approximate surface area is 288 Å². The normalized spacial score (nSPS) is 11.4. The van der Waals surface area contributed by atoms with E-state index in [1.165, 1.54) is 96.3 Å². The largest absolute Gasteiger partial charge is 0.466 e. The van der Waals surface area contributed by atoms with Gasteiger partial charge in [-0.05, 0) is 13.3 Å². The molecule has 47 heavy (non-hydrogen) atoms. The lowest BCUT2D eigenvalue weighted by molar-refractivity contribution is -0.144. The summed E-state index contributed by atoms with van der Waals surface area (Å²) in [5.74, 6) is -0.242. The molecule has 0 aromatic rings. The van der Waals surface area contributed by atoms with Crippen LogP contribution in [0.1, 0.15) is 123 Å². The molecule has 0 fully saturated rings. The summed E-state index contributed by atoms with van der Waals surface area (Å²) in [6.45, 7) is 13.1. The van der Waals surface area contributed by atoms with Crippen molar-refractivity contribution in [2.75, 3.05) is 112 Å². The Morgan fingerprint density at radius 3 is 0.872 bits per heavy atom. The SMILES string of the molecule is CCCCCCCCCCCCCCCCCCOCCOCCOCCOCCOCCOCCOCCOCCC(=O)OCC. The Hall–Kier alpha value is -0.850. The topological polar surface area (TPSA) is 100 Å². The van der Waals surface area contributed by atoms with Gasteiger partial charge in [0.05, 0.1) is 112 Å². The molecule has 0 aliphatic carbocycles. The van der Waals surface area contributed by atoms with E-state index in [9.17, 15) is 4.79 Å². The maximum Gasteiger partial charge on any atom is 0.308 e. The summed E-state index contributed by atoms with van der Waals surface area (Å²) < 4.78 is 48.7. The van der Waals surface area contributed by atoms with Gasteiger partial charge in [0.1, 0.15) is 0 Å². The molecule has 0 unspecified atom stereocenters. The molecule has 0 aliphatic heterocycles. The standard InChI is InChI=1S/C37H74O10/c1-3-5-6-7-8-9-10-11-12-13-14-15-16-17-18-19-21-39-23-25-41-27-29-43-31-33-45-35-36-46-34-32-44-30-28-42-26-24-40-22-20-37(38)47-4-2/h3-36H2,1-2H3. The van der Waals surface area contributed by atoms with Crippen molar-refractivity contribution in [3.05, 3.63) is 0 Å². The Balaban J connectivity index is 3.05. The third kappa shape index (κ3) is 43.1. The summed E-state index contributed by atoms with van der Waals surface area (Å²) in [5, 5.41) is 0. The first kappa shape index (κ1) is 46.1. The van der Waals surface area contributed by atoms with E-state index in [4.69, 9.17) is 42.6 Å². The average Bonchev–Trinajstić information content (AvgIpc) is 3.07. The minimum Gasteiger partial charge on any atom is -0.466 e. The van der Waals surface area contributed by atoms with Gasteiger partial charge < -0.3 is 42.6 Å². The molecular weight excluding hydrogens is 604 g/mol. The quantitative estimate of drug-likeness (QED) is 0.0482. The fraction of sp³-hybridized carbons (Fsp3) is 0.973. The summed E-state index contributed by atoms with van der Waals surface area (Å²) >= 11 is 0. The molecule has 0 N–H and O–H groups in total. The maximum atomic E-state index is 11.2. The molecule has 0 rings (SSSR count). The molecule has 0 atom stereocenters. The number of unbranched alkanes of at least 4 members (excludes halogenated alkanes) is 15. The smallest absolute Gasteiger partial charge is 0.308 e. The van der Waals surface area contributed by atoms with Crippen LogP contribution in [0.25, 0.3) is 0 Å². The van der Waals surface area contributed by atoms with Crippen molar-refractivity contribution in [2.45, 2.75) is 123 Å². The number of carbonyl (C=O) groups is 1. The molecule has 0 spiro atoms. The molecule has 0 heterocycles. The second-order valence-electron chi connectivity index (χ2n) is 11.8. The molecule has 10 nitrogen and oxygen atoms in total. The highest BCUT2D eigenvalue weighted by molar-refractivity contribution is 5.69. The van der Waals surface area contributed by atoms with Gasteiger partial charge in [-0.25, -0.2) is 0 Å². The van der Waals surface area contributed by atoms with Crippen LogP contribution in [0, 0.1) is 0 Å². The molecular formula is C37H74O10. The first-order valence-electron chi connectivity index (χ1n) is 19.1. The third-order valence-electron chi connectivity index (χ3n) is 7.50. The number of hydrogen-bond acceptors (Lipinski definition) is 10. The molecule has 10 heteroatoms. The summed E-state index contributed by atoms with van der Waals surface area (Å²) in [4.78, 5) is 11.2. The monoisotopic (exact) mass is 679 g/mol. The lowest BCUT2D eigenvalue weighted by Gasteiger charge is -2.09. The van der Waals surface area contributed by atoms with E-state index in [2.05, 4.69) is 6.92 Å². The highest BCUT2D eigenvalue weighted by Crippen LogP contribution is 2.13. The molecule has 0 amide bonds. The zero-order valence-corrected chi connectivity index (χ0v) is 30.6. The third-order valence-corrected chi connectivity index (χ3v) is 7.50. The summed E-state index contributed by atoms with van der Waals surface area (Å²) in [5.41, 5.74) is 0. The van der Waals surface area contributed by atoms with Crippen LogP contribution in [0.15, 0.2) is 0 Å². The maximum absolute atomic E-state index is 11.2. The zero-order valence-electron chi connectivity index (χ0n) is 30.6. The van der Waals surface area contributed by atoms with E-state index in [0.717, 1.165) is 13.0 Å². The van der Waals surface area contributed by atoms with Crippen molar-refractivity contribution in [3.8, 4) is 0 Å². The summed E-state index contributed by atoms with van der Waals surface area (Å²) in [7, 11) is 0. The van der Waals surface area contributed by atoms with Crippen LogP contribution in [-0.4, -0.2) is 118 Å². The van der Waals surface area contributed by atoms with Crippen LogP contribution < -0.4 is 0 Å². The van der Waals surface area contributed by atoms with Gasteiger partial charge in [-0.15, -0.1) is 0 Å². The number of esters is 1. The second kappa shape index (κ2) is 43.2. The highest BCUT2D eigenvalue weighted by Gasteiger charge is 2.01. The molecule has 0 aliphatic rings. The molecule has 0 saturated heterocycles. The summed E-state index contributed by atoms with van der Waals surface area (Å²) in [6.07, 6.45) is 22.5. The van der Waals surface area contributed by atoms with Crippen molar-refractivity contribution in [2.24, 2.45) is 0 Å². The first-order valence-corrected chi connectivity index (χ1v) is 19.1. The van der Waals surface area contributed by atoms with Gasteiger partial charge in [0.2, 0.25) is 0 Å². The zero-order chi connectivity index (χ0) is 34.0. The Morgan fingerprint density at radius 1 is 0.319 bits per heavy atom. The molecule has 0 saturated carbocycles. The average molecular weight is 679 g/mol. The van der Waals surface area contributed by atoms with Gasteiger partial charge in [0, 0.05) is 6.61 Å². The van der Waals surface area contributed by atoms with Crippen molar-refractivity contribution in [1.29, 1.82) is 0 Å². The molecule has 0 bridgehead atoms. The van der Waals surface area contributed by atoms with Gasteiger partial charge in [-0.1, -0.05) is 103 Å². The van der Waals surface area contributed by atoms with Crippen LogP contribution in [0.5, 0.6) is 0 Å². The lowest BCUT2D eigenvalue weighted by Crippen LogP contribution is -2.15. The minimum atomic E-state index is -0.242. The Morgan fingerprint density at radius 2 is 0.574 bits per heavy atom. The van der Waals surface area contributed by atoms with Crippen molar-refractivity contribution in [3.63, 3.8) is 0 Å². The van der Waals surface area contributed by atoms with Gasteiger partial charge in [0.25, 0.3) is 0 Å². The van der Waals surface area contributed by atoms with E-state index in [-0.39, 0.29) is 12.4 Å². The Kier molecular flexibility index (Phi) is 42.4. The molecule has 0 aromatic heterocycles. The van der Waals surface area contributed by atoms with Crippen molar-refractivity contribution < 1.29 is 47.4 Å². The van der Waals surface area contributed by atoms with Gasteiger partial charge in [-0.3, -0.25) is 4.79 Å². The summed E-state index contributed by atoms with van der Waals surface area (Å²) in [6, 6.07) is 0. The second-order valence-corrected chi connectivity index (χ2v) is 11.8. The minimum absolute atomic E-state index is 0.242.